The van der Waals surface area contributed by atoms with Crippen LogP contribution < -0.4 is 19.9 Å². The van der Waals surface area contributed by atoms with Crippen molar-refractivity contribution in [3.63, 3.8) is 0 Å². The van der Waals surface area contributed by atoms with E-state index >= 15 is 0 Å². The first-order chi connectivity index (χ1) is 16.1. The maximum atomic E-state index is 12.7. The van der Waals surface area contributed by atoms with Crippen LogP contribution in [-0.2, 0) is 7.05 Å². The normalized spacial score (nSPS) is 14.8. The van der Waals surface area contributed by atoms with Crippen molar-refractivity contribution in [2.75, 3.05) is 18.0 Å². The molecule has 34 heavy (non-hydrogen) atoms. The van der Waals surface area contributed by atoms with Crippen LogP contribution >= 0.6 is 23.2 Å². The highest BCUT2D eigenvalue weighted by Crippen LogP contribution is 2.35. The van der Waals surface area contributed by atoms with Gasteiger partial charge in [0.15, 0.2) is 0 Å². The quantitative estimate of drug-likeness (QED) is 0.454. The number of ether oxygens (including phenoxy) is 2. The fourth-order valence-electron chi connectivity index (χ4n) is 3.93. The number of rotatable bonds is 4. The van der Waals surface area contributed by atoms with E-state index in [0.717, 1.165) is 6.07 Å². The smallest absolute Gasteiger partial charge is 0.490 e. The van der Waals surface area contributed by atoms with Crippen molar-refractivity contribution in [3.8, 4) is 17.6 Å². The van der Waals surface area contributed by atoms with Gasteiger partial charge in [-0.1, -0.05) is 23.2 Å². The van der Waals surface area contributed by atoms with Gasteiger partial charge in [0.1, 0.15) is 39.9 Å². The van der Waals surface area contributed by atoms with E-state index in [0.29, 0.717) is 48.4 Å². The van der Waals surface area contributed by atoms with Crippen LogP contribution in [-0.4, -0.2) is 35.1 Å². The zero-order valence-electron chi connectivity index (χ0n) is 17.7. The molecule has 1 saturated heterocycles. The predicted octanol–water partition coefficient (Wildman–Crippen LogP) is 5.06. The van der Waals surface area contributed by atoms with E-state index in [1.165, 1.54) is 16.7 Å². The largest absolute Gasteiger partial charge is 0.573 e. The van der Waals surface area contributed by atoms with Crippen LogP contribution in [0.1, 0.15) is 18.4 Å². The molecule has 0 saturated carbocycles. The average Bonchev–Trinajstić information content (AvgIpc) is 2.78. The summed E-state index contributed by atoms with van der Waals surface area (Å²) in [4.78, 5) is 19.0. The number of hydrogen-bond donors (Lipinski definition) is 0. The standard InChI is InChI=1S/C22H17Cl2F3N4O3/c1-30-16-3-5-18(24)29-19(16)20(14(11-28)21(30)32)31-8-6-12(7-9-31)33-13-2-4-17(15(23)10-13)34-22(25,26)27/h2-5,10,12H,6-9H2,1H3. The van der Waals surface area contributed by atoms with Crippen LogP contribution in [0.2, 0.25) is 10.2 Å². The van der Waals surface area contributed by atoms with E-state index in [2.05, 4.69) is 9.72 Å². The zero-order valence-corrected chi connectivity index (χ0v) is 19.2. The summed E-state index contributed by atoms with van der Waals surface area (Å²) < 4.78 is 48.4. The van der Waals surface area contributed by atoms with E-state index in [-0.39, 0.29) is 21.8 Å². The van der Waals surface area contributed by atoms with E-state index in [1.807, 2.05) is 11.0 Å². The summed E-state index contributed by atoms with van der Waals surface area (Å²) in [6, 6.07) is 8.98. The molecule has 1 fully saturated rings. The fourth-order valence-corrected chi connectivity index (χ4v) is 4.29. The lowest BCUT2D eigenvalue weighted by atomic mass is 10.0. The summed E-state index contributed by atoms with van der Waals surface area (Å²) in [5, 5.41) is 9.70. The number of piperidine rings is 1. The van der Waals surface area contributed by atoms with Gasteiger partial charge in [0.05, 0.1) is 16.2 Å². The second-order valence-electron chi connectivity index (χ2n) is 7.65. The van der Waals surface area contributed by atoms with Gasteiger partial charge < -0.3 is 18.9 Å². The molecule has 0 spiro atoms. The highest BCUT2D eigenvalue weighted by molar-refractivity contribution is 6.32. The van der Waals surface area contributed by atoms with Crippen LogP contribution in [0, 0.1) is 11.3 Å². The number of aryl methyl sites for hydroxylation is 1. The third kappa shape index (κ3) is 4.86. The molecule has 1 aromatic carbocycles. The topological polar surface area (TPSA) is 80.4 Å². The minimum Gasteiger partial charge on any atom is -0.490 e. The number of fused-ring (bicyclic) bond motifs is 1. The van der Waals surface area contributed by atoms with Crippen molar-refractivity contribution in [1.82, 2.24) is 9.55 Å². The molecule has 12 heteroatoms. The lowest BCUT2D eigenvalue weighted by Crippen LogP contribution is -2.40. The van der Waals surface area contributed by atoms with Crippen LogP contribution in [0.4, 0.5) is 18.9 Å². The third-order valence-electron chi connectivity index (χ3n) is 5.48. The summed E-state index contributed by atoms with van der Waals surface area (Å²) >= 11 is 12.0. The Kier molecular flexibility index (Phi) is 6.51. The first kappa shape index (κ1) is 24.0. The number of alkyl halides is 3. The first-order valence-electron chi connectivity index (χ1n) is 10.1. The van der Waals surface area contributed by atoms with E-state index in [4.69, 9.17) is 27.9 Å². The molecule has 0 amide bonds. The SMILES string of the molecule is Cn1c(=O)c(C#N)c(N2CCC(Oc3ccc(OC(F)(F)F)c(Cl)c3)CC2)c2nc(Cl)ccc21. The Bertz CT molecular complexity index is 1350. The monoisotopic (exact) mass is 512 g/mol. The van der Waals surface area contributed by atoms with Crippen molar-refractivity contribution < 1.29 is 22.6 Å². The fraction of sp³-hybridized carbons (Fsp3) is 0.318. The maximum absolute atomic E-state index is 12.7. The van der Waals surface area contributed by atoms with Gasteiger partial charge in [-0.3, -0.25) is 4.79 Å². The molecule has 0 aliphatic carbocycles. The molecule has 178 valence electrons. The van der Waals surface area contributed by atoms with Gasteiger partial charge in [-0.15, -0.1) is 13.2 Å². The lowest BCUT2D eigenvalue weighted by molar-refractivity contribution is -0.274. The second kappa shape index (κ2) is 9.24. The molecule has 3 aromatic rings. The van der Waals surface area contributed by atoms with Gasteiger partial charge in [-0.05, 0) is 24.3 Å². The Labute approximate surface area is 201 Å². The molecule has 1 aliphatic heterocycles. The van der Waals surface area contributed by atoms with E-state index in [1.54, 1.807) is 19.2 Å². The average molecular weight is 513 g/mol. The van der Waals surface area contributed by atoms with Crippen LogP contribution in [0.15, 0.2) is 35.1 Å². The molecule has 1 aliphatic rings. The number of pyridine rings is 2. The van der Waals surface area contributed by atoms with Gasteiger partial charge in [-0.25, -0.2) is 4.98 Å². The summed E-state index contributed by atoms with van der Waals surface area (Å²) in [6.07, 6.45) is -4.04. The Morgan fingerprint density at radius 2 is 1.88 bits per heavy atom. The molecule has 0 bridgehead atoms. The van der Waals surface area contributed by atoms with Gasteiger partial charge >= 0.3 is 6.36 Å². The van der Waals surface area contributed by atoms with Gasteiger partial charge in [0, 0.05) is 39.0 Å². The molecule has 2 aromatic heterocycles. The van der Waals surface area contributed by atoms with E-state index in [9.17, 15) is 23.2 Å². The van der Waals surface area contributed by atoms with Crippen molar-refractivity contribution in [2.24, 2.45) is 7.05 Å². The molecule has 4 rings (SSSR count). The number of anilines is 1. The highest BCUT2D eigenvalue weighted by Gasteiger charge is 2.32. The molecule has 0 radical (unpaired) electrons. The third-order valence-corrected chi connectivity index (χ3v) is 5.99. The van der Waals surface area contributed by atoms with Crippen molar-refractivity contribution >= 4 is 39.9 Å². The molecular weight excluding hydrogens is 496 g/mol. The zero-order chi connectivity index (χ0) is 24.6. The Morgan fingerprint density at radius 3 is 2.50 bits per heavy atom. The molecule has 0 unspecified atom stereocenters. The number of nitrogens with zero attached hydrogens (tertiary/aromatic N) is 4. The molecule has 0 atom stereocenters. The van der Waals surface area contributed by atoms with Gasteiger partial charge in [0.25, 0.3) is 5.56 Å². The van der Waals surface area contributed by atoms with Crippen molar-refractivity contribution in [3.05, 3.63) is 56.4 Å². The predicted molar refractivity (Wildman–Crippen MR) is 121 cm³/mol. The van der Waals surface area contributed by atoms with Crippen molar-refractivity contribution in [2.45, 2.75) is 25.3 Å². The number of benzene rings is 1. The van der Waals surface area contributed by atoms with Crippen LogP contribution in [0.5, 0.6) is 11.5 Å². The first-order valence-corrected chi connectivity index (χ1v) is 10.9. The minimum absolute atomic E-state index is 0.0174. The maximum Gasteiger partial charge on any atom is 0.573 e. The Morgan fingerprint density at radius 1 is 1.18 bits per heavy atom. The molecular formula is C22H17Cl2F3N4O3. The molecule has 3 heterocycles. The van der Waals surface area contributed by atoms with Gasteiger partial charge in [0.2, 0.25) is 0 Å². The highest BCUT2D eigenvalue weighted by atomic mass is 35.5. The number of hydrogen-bond acceptors (Lipinski definition) is 6. The summed E-state index contributed by atoms with van der Waals surface area (Å²) in [5.74, 6) is -0.202. The lowest BCUT2D eigenvalue weighted by Gasteiger charge is -2.34. The summed E-state index contributed by atoms with van der Waals surface area (Å²) in [6.45, 7) is 0.914. The van der Waals surface area contributed by atoms with Gasteiger partial charge in [-0.2, -0.15) is 5.26 Å². The molecule has 7 nitrogen and oxygen atoms in total. The number of aromatic nitrogens is 2. The molecule has 0 N–H and O–H groups in total. The minimum atomic E-state index is -4.84. The van der Waals surface area contributed by atoms with Crippen LogP contribution in [0.3, 0.4) is 0 Å². The second-order valence-corrected chi connectivity index (χ2v) is 8.44. The Balaban J connectivity index is 1.53. The van der Waals surface area contributed by atoms with Crippen molar-refractivity contribution in [1.29, 1.82) is 5.26 Å². The Hall–Kier alpha value is -3.16. The van der Waals surface area contributed by atoms with E-state index < -0.39 is 17.7 Å². The summed E-state index contributed by atoms with van der Waals surface area (Å²) in [5.41, 5.74) is 0.993. The summed E-state index contributed by atoms with van der Waals surface area (Å²) in [7, 11) is 1.57. The number of nitriles is 1. The number of halogens is 5. The van der Waals surface area contributed by atoms with Crippen LogP contribution in [0.25, 0.3) is 11.0 Å².